The molecule has 0 saturated carbocycles. The van der Waals surface area contributed by atoms with E-state index in [0.717, 1.165) is 11.5 Å². The number of hydrogen-bond acceptors (Lipinski definition) is 4. The lowest BCUT2D eigenvalue weighted by Gasteiger charge is -2.07. The number of carbonyl (C=O) groups excluding carboxylic acids is 1. The number of nitrogens with one attached hydrogen (secondary N) is 1. The van der Waals surface area contributed by atoms with Crippen LogP contribution in [0.4, 0.5) is 5.69 Å². The number of hydrogen-bond donors (Lipinski definition) is 1. The third-order valence-electron chi connectivity index (χ3n) is 3.59. The quantitative estimate of drug-likeness (QED) is 0.881. The molecule has 0 bridgehead atoms. The van der Waals surface area contributed by atoms with Crippen LogP contribution in [0.3, 0.4) is 0 Å². The van der Waals surface area contributed by atoms with Crippen molar-refractivity contribution in [1.29, 1.82) is 0 Å². The van der Waals surface area contributed by atoms with Gasteiger partial charge in [0.05, 0.1) is 0 Å². The van der Waals surface area contributed by atoms with Gasteiger partial charge in [0.15, 0.2) is 5.82 Å². The number of nitrogens with zero attached hydrogens (tertiary/aromatic N) is 2. The molecule has 1 N–H and O–H groups in total. The molecule has 5 heteroatoms. The minimum atomic E-state index is 0.00634. The van der Waals surface area contributed by atoms with Crippen molar-refractivity contribution in [3.63, 3.8) is 0 Å². The van der Waals surface area contributed by atoms with E-state index in [1.165, 1.54) is 11.1 Å². The number of aryl methyl sites for hydroxylation is 3. The smallest absolute Gasteiger partial charge is 0.226 e. The minimum absolute atomic E-state index is 0.00634. The maximum absolute atomic E-state index is 11.9. The molecule has 0 atom stereocenters. The summed E-state index contributed by atoms with van der Waals surface area (Å²) in [6.07, 6.45) is 1.75. The first-order valence-electron chi connectivity index (χ1n) is 7.65. The highest BCUT2D eigenvalue weighted by Crippen LogP contribution is 2.15. The van der Waals surface area contributed by atoms with Crippen molar-refractivity contribution in [1.82, 2.24) is 10.1 Å². The van der Waals surface area contributed by atoms with Gasteiger partial charge in [-0.05, 0) is 43.5 Å². The summed E-state index contributed by atoms with van der Waals surface area (Å²) in [5, 5.41) is 6.83. The monoisotopic (exact) mass is 301 g/mol. The zero-order valence-corrected chi connectivity index (χ0v) is 13.6. The normalized spacial score (nSPS) is 11.0. The highest BCUT2D eigenvalue weighted by molar-refractivity contribution is 5.90. The van der Waals surface area contributed by atoms with Crippen LogP contribution in [-0.4, -0.2) is 16.0 Å². The summed E-state index contributed by atoms with van der Waals surface area (Å²) in [6, 6.07) is 5.92. The fraction of sp³-hybridized carbons (Fsp3) is 0.471. The Kier molecular flexibility index (Phi) is 5.31. The average Bonchev–Trinajstić information content (AvgIpc) is 2.92. The second-order valence-electron chi connectivity index (χ2n) is 5.90. The highest BCUT2D eigenvalue weighted by Gasteiger charge is 2.10. The number of benzene rings is 1. The van der Waals surface area contributed by atoms with Crippen molar-refractivity contribution >= 4 is 11.6 Å². The molecular weight excluding hydrogens is 278 g/mol. The molecule has 2 aromatic rings. The lowest BCUT2D eigenvalue weighted by Crippen LogP contribution is -2.11. The molecule has 0 saturated heterocycles. The fourth-order valence-corrected chi connectivity index (χ4v) is 2.05. The van der Waals surface area contributed by atoms with E-state index in [0.29, 0.717) is 25.2 Å². The van der Waals surface area contributed by atoms with Gasteiger partial charge in [0.1, 0.15) is 0 Å². The molecule has 1 aromatic carbocycles. The standard InChI is InChI=1S/C17H23N3O2/c1-11(2)17-19-16(22-20-17)7-5-6-15(21)18-14-9-8-12(3)13(4)10-14/h8-11H,5-7H2,1-4H3,(H,18,21). The van der Waals surface area contributed by atoms with Gasteiger partial charge in [-0.2, -0.15) is 4.98 Å². The zero-order chi connectivity index (χ0) is 16.1. The van der Waals surface area contributed by atoms with Crippen molar-refractivity contribution in [3.05, 3.63) is 41.0 Å². The summed E-state index contributed by atoms with van der Waals surface area (Å²) >= 11 is 0. The molecule has 0 radical (unpaired) electrons. The van der Waals surface area contributed by atoms with Gasteiger partial charge in [-0.1, -0.05) is 25.1 Å². The molecule has 2 rings (SSSR count). The van der Waals surface area contributed by atoms with E-state index in [1.54, 1.807) is 0 Å². The van der Waals surface area contributed by atoms with E-state index in [9.17, 15) is 4.79 Å². The third kappa shape index (κ3) is 4.41. The summed E-state index contributed by atoms with van der Waals surface area (Å²) in [5.41, 5.74) is 3.23. The molecule has 0 fully saturated rings. The van der Waals surface area contributed by atoms with Crippen molar-refractivity contribution in [2.45, 2.75) is 52.9 Å². The molecule has 1 amide bonds. The Balaban J connectivity index is 1.78. The average molecular weight is 301 g/mol. The summed E-state index contributed by atoms with van der Waals surface area (Å²) in [7, 11) is 0. The molecule has 0 aliphatic rings. The van der Waals surface area contributed by atoms with Crippen LogP contribution in [0.5, 0.6) is 0 Å². The van der Waals surface area contributed by atoms with Gasteiger partial charge in [-0.3, -0.25) is 4.79 Å². The summed E-state index contributed by atoms with van der Waals surface area (Å²) in [4.78, 5) is 16.2. The van der Waals surface area contributed by atoms with Gasteiger partial charge in [0, 0.05) is 24.4 Å². The lowest BCUT2D eigenvalue weighted by atomic mass is 10.1. The Hall–Kier alpha value is -2.17. The van der Waals surface area contributed by atoms with Crippen molar-refractivity contribution in [2.75, 3.05) is 5.32 Å². The minimum Gasteiger partial charge on any atom is -0.339 e. The second kappa shape index (κ2) is 7.20. The number of aromatic nitrogens is 2. The van der Waals surface area contributed by atoms with E-state index in [1.807, 2.05) is 39.0 Å². The van der Waals surface area contributed by atoms with E-state index in [4.69, 9.17) is 4.52 Å². The molecule has 1 aromatic heterocycles. The van der Waals surface area contributed by atoms with Crippen LogP contribution in [0, 0.1) is 13.8 Å². The van der Waals surface area contributed by atoms with Crippen LogP contribution >= 0.6 is 0 Å². The predicted octanol–water partition coefficient (Wildman–Crippen LogP) is 3.77. The first kappa shape index (κ1) is 16.2. The molecule has 118 valence electrons. The molecular formula is C17H23N3O2. The van der Waals surface area contributed by atoms with Gasteiger partial charge in [0.2, 0.25) is 11.8 Å². The van der Waals surface area contributed by atoms with Gasteiger partial charge in [-0.25, -0.2) is 0 Å². The summed E-state index contributed by atoms with van der Waals surface area (Å²) in [5.74, 6) is 1.58. The number of rotatable bonds is 6. The van der Waals surface area contributed by atoms with Crippen molar-refractivity contribution in [2.24, 2.45) is 0 Å². The van der Waals surface area contributed by atoms with E-state index in [-0.39, 0.29) is 11.8 Å². The Bertz CT molecular complexity index is 647. The number of amides is 1. The first-order valence-corrected chi connectivity index (χ1v) is 7.65. The van der Waals surface area contributed by atoms with Crippen LogP contribution < -0.4 is 5.32 Å². The maximum Gasteiger partial charge on any atom is 0.226 e. The lowest BCUT2D eigenvalue weighted by molar-refractivity contribution is -0.116. The van der Waals surface area contributed by atoms with Gasteiger partial charge >= 0.3 is 0 Å². The molecule has 0 unspecified atom stereocenters. The van der Waals surface area contributed by atoms with Crippen molar-refractivity contribution in [3.8, 4) is 0 Å². The Morgan fingerprint density at radius 3 is 2.68 bits per heavy atom. The summed E-state index contributed by atoms with van der Waals surface area (Å²) in [6.45, 7) is 8.13. The topological polar surface area (TPSA) is 68.0 Å². The summed E-state index contributed by atoms with van der Waals surface area (Å²) < 4.78 is 5.16. The molecule has 0 aliphatic heterocycles. The van der Waals surface area contributed by atoms with Crippen LogP contribution in [-0.2, 0) is 11.2 Å². The highest BCUT2D eigenvalue weighted by atomic mass is 16.5. The number of anilines is 1. The van der Waals surface area contributed by atoms with Gasteiger partial charge < -0.3 is 9.84 Å². The van der Waals surface area contributed by atoms with Crippen LogP contribution in [0.25, 0.3) is 0 Å². The van der Waals surface area contributed by atoms with Crippen LogP contribution in [0.2, 0.25) is 0 Å². The zero-order valence-electron chi connectivity index (χ0n) is 13.6. The van der Waals surface area contributed by atoms with E-state index >= 15 is 0 Å². The van der Waals surface area contributed by atoms with Crippen LogP contribution in [0.15, 0.2) is 22.7 Å². The van der Waals surface area contributed by atoms with Gasteiger partial charge in [-0.15, -0.1) is 0 Å². The molecule has 1 heterocycles. The third-order valence-corrected chi connectivity index (χ3v) is 3.59. The second-order valence-corrected chi connectivity index (χ2v) is 5.90. The van der Waals surface area contributed by atoms with Crippen LogP contribution in [0.1, 0.15) is 55.4 Å². The van der Waals surface area contributed by atoms with Crippen molar-refractivity contribution < 1.29 is 9.32 Å². The Labute approximate surface area is 131 Å². The van der Waals surface area contributed by atoms with E-state index < -0.39 is 0 Å². The maximum atomic E-state index is 11.9. The Morgan fingerprint density at radius 1 is 1.27 bits per heavy atom. The Morgan fingerprint density at radius 2 is 2.05 bits per heavy atom. The molecule has 0 aliphatic carbocycles. The fourth-order valence-electron chi connectivity index (χ4n) is 2.05. The number of carbonyl (C=O) groups is 1. The first-order chi connectivity index (χ1) is 10.5. The van der Waals surface area contributed by atoms with E-state index in [2.05, 4.69) is 22.4 Å². The molecule has 22 heavy (non-hydrogen) atoms. The molecule has 0 spiro atoms. The SMILES string of the molecule is Cc1ccc(NC(=O)CCCc2nc(C(C)C)no2)cc1C. The predicted molar refractivity (Wildman–Crippen MR) is 85.9 cm³/mol. The van der Waals surface area contributed by atoms with Gasteiger partial charge in [0.25, 0.3) is 0 Å². The molecule has 5 nitrogen and oxygen atoms in total. The largest absolute Gasteiger partial charge is 0.339 e.